The molecule has 0 aliphatic carbocycles. The summed E-state index contributed by atoms with van der Waals surface area (Å²) >= 11 is -0.556. The molecule has 7 heteroatoms. The van der Waals surface area contributed by atoms with Crippen LogP contribution in [0.1, 0.15) is 76.6 Å². The first-order valence-electron chi connectivity index (χ1n) is 11.0. The van der Waals surface area contributed by atoms with Crippen molar-refractivity contribution in [2.75, 3.05) is 13.1 Å². The number of benzene rings is 2. The molecule has 0 saturated carbocycles. The predicted molar refractivity (Wildman–Crippen MR) is 139 cm³/mol. The maximum absolute atomic E-state index is 10.5. The van der Waals surface area contributed by atoms with Crippen molar-refractivity contribution < 1.29 is 27.2 Å². The number of hydrogen-bond acceptors (Lipinski definition) is 4. The molecule has 0 radical (unpaired) electrons. The zero-order valence-electron chi connectivity index (χ0n) is 20.5. The van der Waals surface area contributed by atoms with Crippen molar-refractivity contribution in [3.8, 4) is 11.5 Å². The summed E-state index contributed by atoms with van der Waals surface area (Å²) in [5, 5.41) is 20.9. The number of unbranched alkanes of at least 4 members (excludes halogenated alkanes) is 1. The second kappa shape index (κ2) is 14.2. The van der Waals surface area contributed by atoms with Crippen molar-refractivity contribution in [3.63, 3.8) is 0 Å². The van der Waals surface area contributed by atoms with Crippen molar-refractivity contribution in [1.29, 1.82) is 0 Å². The first kappa shape index (κ1) is 29.7. The van der Waals surface area contributed by atoms with Crippen LogP contribution < -0.4 is 0 Å². The van der Waals surface area contributed by atoms with E-state index in [1.54, 1.807) is 12.4 Å². The third-order valence-corrected chi connectivity index (χ3v) is 5.04. The topological polar surface area (TPSA) is 65.2 Å². The molecule has 0 heterocycles. The molecule has 2 aromatic carbocycles. The molecular formula is C26H36Cl2N2O2Ti. The molecule has 2 rings (SSSR count). The van der Waals surface area contributed by atoms with E-state index >= 15 is 0 Å². The predicted octanol–water partition coefficient (Wildman–Crippen LogP) is 7.39. The van der Waals surface area contributed by atoms with Gasteiger partial charge in [-0.15, -0.1) is 0 Å². The summed E-state index contributed by atoms with van der Waals surface area (Å²) in [5.74, 6) is 0.631. The van der Waals surface area contributed by atoms with Crippen LogP contribution in [0.25, 0.3) is 0 Å². The SMILES string of the molecule is CC(C)(C)c1cccc(C=NCCCCN=Cc2cccc(C(C)(C)C)c2O)c1O.[Cl][Ti][Cl]. The minimum absolute atomic E-state index is 0.104. The third-order valence-electron chi connectivity index (χ3n) is 5.04. The molecule has 2 aromatic rings. The fraction of sp³-hybridized carbons (Fsp3) is 0.462. The number of halogens is 2. The van der Waals surface area contributed by atoms with Crippen LogP contribution in [0.3, 0.4) is 0 Å². The first-order chi connectivity index (χ1) is 15.4. The number of aliphatic imine (C=N–C) groups is 2. The van der Waals surface area contributed by atoms with Crippen LogP contribution in [0, 0.1) is 0 Å². The van der Waals surface area contributed by atoms with E-state index in [0.29, 0.717) is 24.6 Å². The number of phenols is 2. The van der Waals surface area contributed by atoms with Crippen LogP contribution in [0.5, 0.6) is 11.5 Å². The molecule has 0 atom stereocenters. The standard InChI is InChI=1S/C26H36N2O2.2ClH.Ti/c1-25(2,3)21-13-9-11-19(23(21)29)17-27-15-7-8-16-28-18-20-12-10-14-22(24(20)30)26(4,5)6;;;/h9-14,17-18,29-30H,7-8,15-16H2,1-6H3;2*1H;/q;;;+2/p-2. The molecule has 0 saturated heterocycles. The Balaban J connectivity index is 0.00000172. The molecule has 0 aliphatic heterocycles. The van der Waals surface area contributed by atoms with E-state index in [4.69, 9.17) is 18.6 Å². The van der Waals surface area contributed by atoms with E-state index in [1.807, 2.05) is 36.4 Å². The molecule has 0 fully saturated rings. The number of phenolic OH excluding ortho intramolecular Hbond substituents is 2. The van der Waals surface area contributed by atoms with E-state index in [2.05, 4.69) is 51.5 Å². The van der Waals surface area contributed by atoms with Gasteiger partial charge in [-0.25, -0.2) is 0 Å². The second-order valence-corrected chi connectivity index (χ2v) is 12.4. The molecule has 33 heavy (non-hydrogen) atoms. The monoisotopic (exact) mass is 526 g/mol. The average molecular weight is 527 g/mol. The Morgan fingerprint density at radius 1 is 0.727 bits per heavy atom. The summed E-state index contributed by atoms with van der Waals surface area (Å²) in [4.78, 5) is 8.91. The van der Waals surface area contributed by atoms with Crippen LogP contribution in [0.2, 0.25) is 0 Å². The van der Waals surface area contributed by atoms with Crippen LogP contribution >= 0.6 is 18.6 Å². The fourth-order valence-electron chi connectivity index (χ4n) is 3.27. The van der Waals surface area contributed by atoms with E-state index in [0.717, 1.165) is 35.1 Å². The van der Waals surface area contributed by atoms with Crippen molar-refractivity contribution in [2.45, 2.75) is 65.2 Å². The van der Waals surface area contributed by atoms with E-state index in [9.17, 15) is 10.2 Å². The Morgan fingerprint density at radius 2 is 1.06 bits per heavy atom. The maximum atomic E-state index is 10.5. The fourth-order valence-corrected chi connectivity index (χ4v) is 3.27. The average Bonchev–Trinajstić information content (AvgIpc) is 2.71. The molecule has 2 N–H and O–H groups in total. The van der Waals surface area contributed by atoms with Crippen molar-refractivity contribution >= 4 is 31.0 Å². The van der Waals surface area contributed by atoms with Gasteiger partial charge in [-0.05, 0) is 46.9 Å². The van der Waals surface area contributed by atoms with Gasteiger partial charge in [0.05, 0.1) is 0 Å². The summed E-state index contributed by atoms with van der Waals surface area (Å²) in [6.07, 6.45) is 5.34. The van der Waals surface area contributed by atoms with Gasteiger partial charge in [-0.3, -0.25) is 9.98 Å². The quantitative estimate of drug-likeness (QED) is 0.224. The summed E-state index contributed by atoms with van der Waals surface area (Å²) < 4.78 is 0. The van der Waals surface area contributed by atoms with E-state index in [1.165, 1.54) is 0 Å². The van der Waals surface area contributed by atoms with Gasteiger partial charge in [0.1, 0.15) is 11.5 Å². The Labute approximate surface area is 215 Å². The number of aromatic hydroxyl groups is 2. The molecule has 0 aliphatic rings. The molecule has 0 bridgehead atoms. The van der Waals surface area contributed by atoms with Crippen LogP contribution in [-0.2, 0) is 27.9 Å². The van der Waals surface area contributed by atoms with Gasteiger partial charge >= 0.3 is 35.6 Å². The number of para-hydroxylation sites is 2. The molecule has 180 valence electrons. The summed E-state index contributed by atoms with van der Waals surface area (Å²) in [6, 6.07) is 11.6. The zero-order valence-corrected chi connectivity index (χ0v) is 23.6. The van der Waals surface area contributed by atoms with Crippen molar-refractivity contribution in [2.24, 2.45) is 9.98 Å². The second-order valence-electron chi connectivity index (χ2n) is 9.84. The molecule has 0 aromatic heterocycles. The van der Waals surface area contributed by atoms with E-state index in [-0.39, 0.29) is 10.8 Å². The van der Waals surface area contributed by atoms with Crippen LogP contribution in [-0.4, -0.2) is 35.7 Å². The van der Waals surface area contributed by atoms with Gasteiger partial charge < -0.3 is 10.2 Å². The number of rotatable bonds is 7. The van der Waals surface area contributed by atoms with Gasteiger partial charge in [0, 0.05) is 36.6 Å². The number of nitrogens with zero attached hydrogens (tertiary/aromatic N) is 2. The molecular weight excluding hydrogens is 491 g/mol. The van der Waals surface area contributed by atoms with Gasteiger partial charge in [-0.1, -0.05) is 65.8 Å². The third kappa shape index (κ3) is 10.2. The summed E-state index contributed by atoms with van der Waals surface area (Å²) in [7, 11) is 9.78. The molecule has 4 nitrogen and oxygen atoms in total. The normalized spacial score (nSPS) is 12.1. The van der Waals surface area contributed by atoms with Gasteiger partial charge in [0.15, 0.2) is 0 Å². The van der Waals surface area contributed by atoms with E-state index < -0.39 is 17.0 Å². The van der Waals surface area contributed by atoms with Crippen molar-refractivity contribution in [1.82, 2.24) is 0 Å². The van der Waals surface area contributed by atoms with Gasteiger partial charge in [0.25, 0.3) is 0 Å². The Hall–Kier alpha value is -1.33. The molecule has 0 amide bonds. The van der Waals surface area contributed by atoms with Gasteiger partial charge in [-0.2, -0.15) is 0 Å². The zero-order chi connectivity index (χ0) is 25.1. The Morgan fingerprint density at radius 3 is 1.36 bits per heavy atom. The Bertz CT molecular complexity index is 857. The van der Waals surface area contributed by atoms with Crippen molar-refractivity contribution in [3.05, 3.63) is 58.7 Å². The van der Waals surface area contributed by atoms with Crippen LogP contribution in [0.15, 0.2) is 46.4 Å². The Kier molecular flexibility index (Phi) is 12.7. The molecule has 0 spiro atoms. The molecule has 0 unspecified atom stereocenters. The summed E-state index contributed by atoms with van der Waals surface area (Å²) in [6.45, 7) is 13.9. The number of hydrogen-bond donors (Lipinski definition) is 2. The van der Waals surface area contributed by atoms with Gasteiger partial charge in [0.2, 0.25) is 0 Å². The minimum atomic E-state index is -0.556. The first-order valence-corrected chi connectivity index (χ1v) is 15.3. The summed E-state index contributed by atoms with van der Waals surface area (Å²) in [5.41, 5.74) is 3.17. The van der Waals surface area contributed by atoms with Crippen LogP contribution in [0.4, 0.5) is 0 Å².